The molecular weight excluding hydrogens is 184 g/mol. The van der Waals surface area contributed by atoms with Crippen molar-refractivity contribution in [3.05, 3.63) is 47.0 Å². The first-order valence-electron chi connectivity index (χ1n) is 5.34. The topological polar surface area (TPSA) is 17.1 Å². The molecule has 1 nitrogen and oxygen atoms in total. The van der Waals surface area contributed by atoms with Crippen LogP contribution in [0, 0.1) is 0 Å². The zero-order valence-corrected chi connectivity index (χ0v) is 9.45. The SMILES string of the molecule is CC1C(=CC=O)C(C)(C)c2ccccc21. The van der Waals surface area contributed by atoms with Crippen LogP contribution < -0.4 is 0 Å². The molecule has 0 aromatic heterocycles. The molecule has 0 saturated carbocycles. The summed E-state index contributed by atoms with van der Waals surface area (Å²) in [5.41, 5.74) is 3.93. The fraction of sp³-hybridized carbons (Fsp3) is 0.357. The largest absolute Gasteiger partial charge is 0.299 e. The number of carbonyl (C=O) groups excluding carboxylic acids is 1. The Labute approximate surface area is 90.8 Å². The van der Waals surface area contributed by atoms with Crippen LogP contribution in [0.25, 0.3) is 0 Å². The summed E-state index contributed by atoms with van der Waals surface area (Å²) in [7, 11) is 0. The van der Waals surface area contributed by atoms with E-state index in [2.05, 4.69) is 45.0 Å². The first-order chi connectivity index (χ1) is 7.09. The first-order valence-corrected chi connectivity index (χ1v) is 5.34. The van der Waals surface area contributed by atoms with Gasteiger partial charge >= 0.3 is 0 Å². The zero-order valence-electron chi connectivity index (χ0n) is 9.45. The van der Waals surface area contributed by atoms with Crippen molar-refractivity contribution in [3.63, 3.8) is 0 Å². The van der Waals surface area contributed by atoms with Gasteiger partial charge in [0.1, 0.15) is 6.29 Å². The van der Waals surface area contributed by atoms with Crippen LogP contribution in [0.3, 0.4) is 0 Å². The highest BCUT2D eigenvalue weighted by Crippen LogP contribution is 2.49. The van der Waals surface area contributed by atoms with E-state index in [1.54, 1.807) is 6.08 Å². The predicted octanol–water partition coefficient (Wildman–Crippen LogP) is 3.21. The lowest BCUT2D eigenvalue weighted by molar-refractivity contribution is -0.104. The molecule has 0 heterocycles. The van der Waals surface area contributed by atoms with Gasteiger partial charge in [0, 0.05) is 11.3 Å². The van der Waals surface area contributed by atoms with Crippen molar-refractivity contribution >= 4 is 6.29 Å². The van der Waals surface area contributed by atoms with Gasteiger partial charge in [0.05, 0.1) is 0 Å². The predicted molar refractivity (Wildman–Crippen MR) is 62.0 cm³/mol. The van der Waals surface area contributed by atoms with Gasteiger partial charge < -0.3 is 0 Å². The van der Waals surface area contributed by atoms with Crippen molar-refractivity contribution in [1.82, 2.24) is 0 Å². The Bertz CT molecular complexity index is 427. The Morgan fingerprint density at radius 3 is 2.53 bits per heavy atom. The summed E-state index contributed by atoms with van der Waals surface area (Å²) in [6.07, 6.45) is 2.63. The maximum Gasteiger partial charge on any atom is 0.142 e. The second kappa shape index (κ2) is 3.34. The van der Waals surface area contributed by atoms with Crippen LogP contribution in [-0.4, -0.2) is 6.29 Å². The summed E-state index contributed by atoms with van der Waals surface area (Å²) < 4.78 is 0. The van der Waals surface area contributed by atoms with Gasteiger partial charge in [-0.25, -0.2) is 0 Å². The standard InChI is InChI=1S/C14H16O/c1-10-11-6-4-5-7-13(11)14(2,3)12(10)8-9-15/h4-10H,1-3H3. The van der Waals surface area contributed by atoms with Gasteiger partial charge in [-0.05, 0) is 22.8 Å². The number of benzene rings is 1. The van der Waals surface area contributed by atoms with Gasteiger partial charge in [-0.1, -0.05) is 45.0 Å². The summed E-state index contributed by atoms with van der Waals surface area (Å²) >= 11 is 0. The Morgan fingerprint density at radius 1 is 1.27 bits per heavy atom. The number of rotatable bonds is 1. The molecule has 0 aliphatic heterocycles. The Balaban J connectivity index is 2.64. The normalized spacial score (nSPS) is 25.3. The molecular formula is C14H16O. The summed E-state index contributed by atoms with van der Waals surface area (Å²) in [6.45, 7) is 6.54. The van der Waals surface area contributed by atoms with E-state index in [-0.39, 0.29) is 5.41 Å². The fourth-order valence-corrected chi connectivity index (χ4v) is 2.73. The molecule has 0 N–H and O–H groups in total. The molecule has 78 valence electrons. The number of fused-ring (bicyclic) bond motifs is 1. The molecule has 1 unspecified atom stereocenters. The molecule has 1 aliphatic carbocycles. The smallest absolute Gasteiger partial charge is 0.142 e. The molecule has 0 fully saturated rings. The number of hydrogen-bond acceptors (Lipinski definition) is 1. The number of hydrogen-bond donors (Lipinski definition) is 0. The van der Waals surface area contributed by atoms with Crippen molar-refractivity contribution in [2.75, 3.05) is 0 Å². The first kappa shape index (κ1) is 10.2. The van der Waals surface area contributed by atoms with Gasteiger partial charge in [0.15, 0.2) is 0 Å². The third kappa shape index (κ3) is 1.34. The molecule has 1 aromatic carbocycles. The number of aldehydes is 1. The minimum Gasteiger partial charge on any atom is -0.299 e. The lowest BCUT2D eigenvalue weighted by Crippen LogP contribution is -2.16. The van der Waals surface area contributed by atoms with Gasteiger partial charge in [0.2, 0.25) is 0 Å². The van der Waals surface area contributed by atoms with Crippen LogP contribution in [0.4, 0.5) is 0 Å². The number of allylic oxidation sites excluding steroid dienone is 2. The molecule has 1 atom stereocenters. The summed E-state index contributed by atoms with van der Waals surface area (Å²) in [4.78, 5) is 10.7. The van der Waals surface area contributed by atoms with Crippen LogP contribution in [0.2, 0.25) is 0 Å². The van der Waals surface area contributed by atoms with Crippen molar-refractivity contribution in [2.45, 2.75) is 32.1 Å². The van der Waals surface area contributed by atoms with Gasteiger partial charge in [-0.2, -0.15) is 0 Å². The quantitative estimate of drug-likeness (QED) is 0.502. The van der Waals surface area contributed by atoms with E-state index in [1.807, 2.05) is 0 Å². The highest BCUT2D eigenvalue weighted by Gasteiger charge is 2.38. The van der Waals surface area contributed by atoms with Crippen LogP contribution in [0.5, 0.6) is 0 Å². The van der Waals surface area contributed by atoms with Crippen LogP contribution in [0.1, 0.15) is 37.8 Å². The lowest BCUT2D eigenvalue weighted by atomic mass is 9.81. The van der Waals surface area contributed by atoms with Crippen LogP contribution in [0.15, 0.2) is 35.9 Å². The van der Waals surface area contributed by atoms with E-state index in [0.717, 1.165) is 6.29 Å². The monoisotopic (exact) mass is 200 g/mol. The van der Waals surface area contributed by atoms with E-state index in [0.29, 0.717) is 5.92 Å². The van der Waals surface area contributed by atoms with E-state index in [4.69, 9.17) is 0 Å². The van der Waals surface area contributed by atoms with E-state index in [9.17, 15) is 4.79 Å². The minimum atomic E-state index is -0.00306. The van der Waals surface area contributed by atoms with Crippen molar-refractivity contribution < 1.29 is 4.79 Å². The van der Waals surface area contributed by atoms with Gasteiger partial charge in [0.25, 0.3) is 0 Å². The van der Waals surface area contributed by atoms with Gasteiger partial charge in [-0.15, -0.1) is 0 Å². The average molecular weight is 200 g/mol. The lowest BCUT2D eigenvalue weighted by Gasteiger charge is -2.22. The van der Waals surface area contributed by atoms with Crippen molar-refractivity contribution in [3.8, 4) is 0 Å². The van der Waals surface area contributed by atoms with Crippen LogP contribution in [-0.2, 0) is 10.2 Å². The van der Waals surface area contributed by atoms with E-state index < -0.39 is 0 Å². The molecule has 15 heavy (non-hydrogen) atoms. The maximum atomic E-state index is 10.7. The second-order valence-corrected chi connectivity index (χ2v) is 4.69. The van der Waals surface area contributed by atoms with Gasteiger partial charge in [-0.3, -0.25) is 4.79 Å². The van der Waals surface area contributed by atoms with Crippen molar-refractivity contribution in [2.24, 2.45) is 0 Å². The second-order valence-electron chi connectivity index (χ2n) is 4.69. The highest BCUT2D eigenvalue weighted by atomic mass is 16.1. The molecule has 0 spiro atoms. The molecule has 0 saturated heterocycles. The third-order valence-corrected chi connectivity index (χ3v) is 3.54. The Morgan fingerprint density at radius 2 is 1.93 bits per heavy atom. The van der Waals surface area contributed by atoms with E-state index >= 15 is 0 Å². The minimum absolute atomic E-state index is 0.00306. The van der Waals surface area contributed by atoms with Crippen LogP contribution >= 0.6 is 0 Å². The molecule has 0 radical (unpaired) electrons. The molecule has 0 bridgehead atoms. The molecule has 1 aromatic rings. The van der Waals surface area contributed by atoms with E-state index in [1.165, 1.54) is 16.7 Å². The fourth-order valence-electron chi connectivity index (χ4n) is 2.73. The summed E-state index contributed by atoms with van der Waals surface area (Å²) in [5, 5.41) is 0. The molecule has 1 aliphatic rings. The third-order valence-electron chi connectivity index (χ3n) is 3.54. The Kier molecular flexibility index (Phi) is 2.26. The maximum absolute atomic E-state index is 10.7. The Hall–Kier alpha value is -1.37. The summed E-state index contributed by atoms with van der Waals surface area (Å²) in [6, 6.07) is 8.46. The highest BCUT2D eigenvalue weighted by molar-refractivity contribution is 5.70. The molecule has 2 rings (SSSR count). The zero-order chi connectivity index (χ0) is 11.1. The average Bonchev–Trinajstić information content (AvgIpc) is 2.41. The summed E-state index contributed by atoms with van der Waals surface area (Å²) in [5.74, 6) is 0.362. The number of carbonyl (C=O) groups is 1. The molecule has 0 amide bonds. The molecule has 1 heteroatoms. The van der Waals surface area contributed by atoms with Crippen molar-refractivity contribution in [1.29, 1.82) is 0 Å².